The summed E-state index contributed by atoms with van der Waals surface area (Å²) in [6.07, 6.45) is 1.61. The van der Waals surface area contributed by atoms with Crippen LogP contribution in [0.1, 0.15) is 58.2 Å². The minimum atomic E-state index is -0.987. The fraction of sp³-hybridized carbons (Fsp3) is 0.520. The lowest BCUT2D eigenvalue weighted by Gasteiger charge is -2.31. The normalized spacial score (nSPS) is 11.7. The Labute approximate surface area is 201 Å². The van der Waals surface area contributed by atoms with Crippen molar-refractivity contribution in [1.29, 1.82) is 0 Å². The smallest absolute Gasteiger partial charge is 0.408 e. The van der Waals surface area contributed by atoms with Gasteiger partial charge in [-0.05, 0) is 45.2 Å². The lowest BCUT2D eigenvalue weighted by Crippen LogP contribution is -2.48. The van der Waals surface area contributed by atoms with Crippen LogP contribution in [0.5, 0.6) is 0 Å². The third kappa shape index (κ3) is 10.1. The van der Waals surface area contributed by atoms with Crippen molar-refractivity contribution in [3.05, 3.63) is 48.0 Å². The van der Waals surface area contributed by atoms with E-state index < -0.39 is 35.5 Å². The molecule has 1 aromatic carbocycles. The second-order valence-corrected chi connectivity index (χ2v) is 8.53. The number of carbonyl (C=O) groups is 4. The van der Waals surface area contributed by atoms with Gasteiger partial charge >= 0.3 is 12.1 Å². The number of amides is 3. The highest BCUT2D eigenvalue weighted by Crippen LogP contribution is 2.22. The van der Waals surface area contributed by atoms with E-state index in [0.717, 1.165) is 12.0 Å². The lowest BCUT2D eigenvalue weighted by molar-refractivity contribution is -0.143. The average Bonchev–Trinajstić information content (AvgIpc) is 2.76. The molecule has 0 radical (unpaired) electrons. The molecule has 1 unspecified atom stereocenters. The topological polar surface area (TPSA) is 114 Å². The van der Waals surface area contributed by atoms with Gasteiger partial charge in [0.15, 0.2) is 0 Å². The number of nitrogens with zero attached hydrogens (tertiary/aromatic N) is 1. The number of alkyl carbamates (subject to hydrolysis) is 1. The number of ether oxygens (including phenoxy) is 2. The Morgan fingerprint density at radius 2 is 1.74 bits per heavy atom. The van der Waals surface area contributed by atoms with E-state index in [1.807, 2.05) is 19.1 Å². The van der Waals surface area contributed by atoms with Crippen LogP contribution in [0.25, 0.3) is 0 Å². The van der Waals surface area contributed by atoms with Gasteiger partial charge in [-0.2, -0.15) is 0 Å². The van der Waals surface area contributed by atoms with Crippen LogP contribution in [0.4, 0.5) is 4.79 Å². The van der Waals surface area contributed by atoms with Crippen LogP contribution >= 0.6 is 0 Å². The fourth-order valence-corrected chi connectivity index (χ4v) is 3.08. The molecule has 1 atom stereocenters. The van der Waals surface area contributed by atoms with Crippen molar-refractivity contribution in [3.63, 3.8) is 0 Å². The van der Waals surface area contributed by atoms with E-state index in [1.165, 1.54) is 11.0 Å². The Kier molecular flexibility index (Phi) is 11.8. The van der Waals surface area contributed by atoms with Crippen molar-refractivity contribution in [3.8, 4) is 0 Å². The summed E-state index contributed by atoms with van der Waals surface area (Å²) in [5.74, 6) is -1.37. The van der Waals surface area contributed by atoms with Crippen LogP contribution in [0.3, 0.4) is 0 Å². The molecule has 9 heteroatoms. The van der Waals surface area contributed by atoms with Crippen molar-refractivity contribution < 1.29 is 28.7 Å². The van der Waals surface area contributed by atoms with Crippen molar-refractivity contribution >= 4 is 23.9 Å². The third-order valence-electron chi connectivity index (χ3n) is 4.63. The Morgan fingerprint density at radius 1 is 1.09 bits per heavy atom. The first-order chi connectivity index (χ1) is 16.0. The summed E-state index contributed by atoms with van der Waals surface area (Å²) in [6, 6.07) is 6.38. The zero-order valence-electron chi connectivity index (χ0n) is 20.8. The average molecular weight is 476 g/mol. The molecule has 0 saturated heterocycles. The summed E-state index contributed by atoms with van der Waals surface area (Å²) in [4.78, 5) is 51.2. The molecule has 3 amide bonds. The van der Waals surface area contributed by atoms with Crippen molar-refractivity contribution in [2.24, 2.45) is 0 Å². The molecule has 34 heavy (non-hydrogen) atoms. The molecule has 0 fully saturated rings. The largest absolute Gasteiger partial charge is 0.466 e. The molecule has 0 aliphatic carbocycles. The maximum atomic E-state index is 13.2. The van der Waals surface area contributed by atoms with E-state index in [9.17, 15) is 19.2 Å². The standard InChI is InChI=1S/C25H37N3O6/c1-7-16-28(20(29)17-27-24(32)34-25(4,5)6)22(19-12-10-18(8-2)11-13-19)23(31)26-15-14-21(30)33-9-3/h7,10-13,22H,1,8-9,14-17H2,2-6H3,(H,26,31)(H,27,32). The van der Waals surface area contributed by atoms with E-state index in [0.29, 0.717) is 5.56 Å². The number of nitrogens with one attached hydrogen (secondary N) is 2. The van der Waals surface area contributed by atoms with E-state index >= 15 is 0 Å². The first-order valence-electron chi connectivity index (χ1n) is 11.4. The Balaban J connectivity index is 3.09. The van der Waals surface area contributed by atoms with Crippen LogP contribution < -0.4 is 10.6 Å². The highest BCUT2D eigenvalue weighted by Gasteiger charge is 2.31. The zero-order valence-corrected chi connectivity index (χ0v) is 20.8. The molecule has 188 valence electrons. The SMILES string of the molecule is C=CCN(C(=O)CNC(=O)OC(C)(C)C)C(C(=O)NCCC(=O)OCC)c1ccc(CC)cc1. The summed E-state index contributed by atoms with van der Waals surface area (Å²) in [6.45, 7) is 12.6. The minimum absolute atomic E-state index is 0.0106. The molecule has 9 nitrogen and oxygen atoms in total. The lowest BCUT2D eigenvalue weighted by atomic mass is 10.0. The summed E-state index contributed by atoms with van der Waals surface area (Å²) < 4.78 is 10.1. The number of hydrogen-bond donors (Lipinski definition) is 2. The van der Waals surface area contributed by atoms with Gasteiger partial charge in [-0.1, -0.05) is 37.3 Å². The van der Waals surface area contributed by atoms with Gasteiger partial charge in [0.1, 0.15) is 18.2 Å². The van der Waals surface area contributed by atoms with Crippen LogP contribution in [0.2, 0.25) is 0 Å². The van der Waals surface area contributed by atoms with Gasteiger partial charge in [0, 0.05) is 13.1 Å². The second-order valence-electron chi connectivity index (χ2n) is 8.53. The summed E-state index contributed by atoms with van der Waals surface area (Å²) >= 11 is 0. The van der Waals surface area contributed by atoms with Gasteiger partial charge in [-0.15, -0.1) is 6.58 Å². The van der Waals surface area contributed by atoms with Gasteiger partial charge in [0.05, 0.1) is 13.0 Å². The molecular formula is C25H37N3O6. The predicted octanol–water partition coefficient (Wildman–Crippen LogP) is 2.90. The Morgan fingerprint density at radius 3 is 2.26 bits per heavy atom. The quantitative estimate of drug-likeness (QED) is 0.355. The number of aryl methyl sites for hydroxylation is 1. The second kappa shape index (κ2) is 14.0. The van der Waals surface area contributed by atoms with Crippen LogP contribution in [0.15, 0.2) is 36.9 Å². The van der Waals surface area contributed by atoms with Crippen LogP contribution in [-0.4, -0.2) is 60.6 Å². The summed E-state index contributed by atoms with van der Waals surface area (Å²) in [5, 5.41) is 5.14. The first-order valence-corrected chi connectivity index (χ1v) is 11.4. The number of carbonyl (C=O) groups excluding carboxylic acids is 4. The van der Waals surface area contributed by atoms with E-state index in [2.05, 4.69) is 17.2 Å². The fourth-order valence-electron chi connectivity index (χ4n) is 3.08. The van der Waals surface area contributed by atoms with Crippen LogP contribution in [-0.2, 0) is 30.3 Å². The van der Waals surface area contributed by atoms with Gasteiger partial charge in [0.2, 0.25) is 11.8 Å². The zero-order chi connectivity index (χ0) is 25.7. The number of esters is 1. The molecule has 1 rings (SSSR count). The summed E-state index contributed by atoms with van der Waals surface area (Å²) in [7, 11) is 0. The molecule has 2 N–H and O–H groups in total. The van der Waals surface area contributed by atoms with E-state index in [4.69, 9.17) is 9.47 Å². The van der Waals surface area contributed by atoms with Gasteiger partial charge < -0.3 is 25.0 Å². The third-order valence-corrected chi connectivity index (χ3v) is 4.63. The Bertz CT molecular complexity index is 845. The van der Waals surface area contributed by atoms with Gasteiger partial charge in [-0.3, -0.25) is 14.4 Å². The number of rotatable bonds is 12. The molecule has 0 aliphatic heterocycles. The molecule has 0 spiro atoms. The van der Waals surface area contributed by atoms with E-state index in [-0.39, 0.29) is 32.7 Å². The van der Waals surface area contributed by atoms with Crippen molar-refractivity contribution in [1.82, 2.24) is 15.5 Å². The molecule has 1 aromatic rings. The molecule has 0 bridgehead atoms. The van der Waals surface area contributed by atoms with E-state index in [1.54, 1.807) is 39.8 Å². The monoisotopic (exact) mass is 475 g/mol. The highest BCUT2D eigenvalue weighted by atomic mass is 16.6. The first kappa shape index (κ1) is 28.7. The molecule has 0 saturated carbocycles. The Hall–Kier alpha value is -3.36. The molecule has 0 aromatic heterocycles. The van der Waals surface area contributed by atoms with Gasteiger partial charge in [0.25, 0.3) is 0 Å². The van der Waals surface area contributed by atoms with Gasteiger partial charge in [-0.25, -0.2) is 4.79 Å². The number of hydrogen-bond acceptors (Lipinski definition) is 6. The molecule has 0 aliphatic rings. The van der Waals surface area contributed by atoms with Crippen LogP contribution in [0, 0.1) is 0 Å². The summed E-state index contributed by atoms with van der Waals surface area (Å²) in [5.41, 5.74) is 0.966. The van der Waals surface area contributed by atoms with Crippen molar-refractivity contribution in [2.45, 2.75) is 59.1 Å². The van der Waals surface area contributed by atoms with Crippen molar-refractivity contribution in [2.75, 3.05) is 26.2 Å². The molecule has 0 heterocycles. The highest BCUT2D eigenvalue weighted by molar-refractivity contribution is 5.90. The molecular weight excluding hydrogens is 438 g/mol. The predicted molar refractivity (Wildman–Crippen MR) is 129 cm³/mol. The number of benzene rings is 1. The minimum Gasteiger partial charge on any atom is -0.466 e. The maximum Gasteiger partial charge on any atom is 0.408 e. The maximum absolute atomic E-state index is 13.2.